The van der Waals surface area contributed by atoms with Gasteiger partial charge in [0.2, 0.25) is 5.91 Å². The maximum atomic E-state index is 12.4. The fourth-order valence-corrected chi connectivity index (χ4v) is 4.08. The molecule has 0 aliphatic carbocycles. The number of aromatic nitrogens is 3. The van der Waals surface area contributed by atoms with Gasteiger partial charge in [-0.1, -0.05) is 29.5 Å². The third-order valence-electron chi connectivity index (χ3n) is 5.18. The summed E-state index contributed by atoms with van der Waals surface area (Å²) in [5, 5.41) is 11.8. The first-order chi connectivity index (χ1) is 14.6. The van der Waals surface area contributed by atoms with Crippen molar-refractivity contribution in [3.05, 3.63) is 60.4 Å². The monoisotopic (exact) mass is 422 g/mol. The van der Waals surface area contributed by atoms with Crippen LogP contribution in [0, 0.1) is 6.92 Å². The molecule has 3 aromatic rings. The summed E-state index contributed by atoms with van der Waals surface area (Å²) >= 11 is 1.37. The number of thioether (sulfide) groups is 1. The standard InChI is InChI=1S/C22H26N6OS/c1-17-3-7-20(8-4-17)28-16-23-25-22(28)30-15-21(29)24-18-5-9-19(10-6-18)27-13-11-26(2)12-14-27/h3-10,16H,11-15H2,1-2H3,(H,24,29). The van der Waals surface area contributed by atoms with Crippen LogP contribution in [0.5, 0.6) is 0 Å². The predicted octanol–water partition coefficient (Wildman–Crippen LogP) is 3.06. The normalized spacial score (nSPS) is 14.7. The van der Waals surface area contributed by atoms with Gasteiger partial charge in [-0.05, 0) is 50.4 Å². The number of piperazine rings is 1. The molecule has 1 fully saturated rings. The summed E-state index contributed by atoms with van der Waals surface area (Å²) < 4.78 is 1.89. The maximum absolute atomic E-state index is 12.4. The summed E-state index contributed by atoms with van der Waals surface area (Å²) in [4.78, 5) is 17.1. The lowest BCUT2D eigenvalue weighted by Crippen LogP contribution is -2.44. The van der Waals surface area contributed by atoms with Crippen molar-refractivity contribution in [1.82, 2.24) is 19.7 Å². The Hall–Kier alpha value is -2.84. The third kappa shape index (κ3) is 5.01. The van der Waals surface area contributed by atoms with Crippen molar-refractivity contribution < 1.29 is 4.79 Å². The number of rotatable bonds is 6. The number of nitrogens with one attached hydrogen (secondary N) is 1. The van der Waals surface area contributed by atoms with E-state index >= 15 is 0 Å². The van der Waals surface area contributed by atoms with E-state index in [0.717, 1.165) is 37.6 Å². The van der Waals surface area contributed by atoms with Gasteiger partial charge < -0.3 is 15.1 Å². The van der Waals surface area contributed by atoms with E-state index in [2.05, 4.69) is 44.5 Å². The molecule has 0 bridgehead atoms. The van der Waals surface area contributed by atoms with Crippen molar-refractivity contribution in [2.24, 2.45) is 0 Å². The largest absolute Gasteiger partial charge is 0.369 e. The minimum Gasteiger partial charge on any atom is -0.369 e. The molecule has 2 heterocycles. The summed E-state index contributed by atoms with van der Waals surface area (Å²) in [5.41, 5.74) is 4.17. The molecule has 0 spiro atoms. The first kappa shape index (κ1) is 20.4. The third-order valence-corrected chi connectivity index (χ3v) is 6.12. The first-order valence-corrected chi connectivity index (χ1v) is 11.0. The number of carbonyl (C=O) groups excluding carboxylic acids is 1. The number of aryl methyl sites for hydroxylation is 1. The van der Waals surface area contributed by atoms with Crippen LogP contribution < -0.4 is 10.2 Å². The lowest BCUT2D eigenvalue weighted by molar-refractivity contribution is -0.113. The Balaban J connectivity index is 1.31. The maximum Gasteiger partial charge on any atom is 0.234 e. The van der Waals surface area contributed by atoms with E-state index in [9.17, 15) is 4.79 Å². The molecular formula is C22H26N6OS. The number of carbonyl (C=O) groups is 1. The lowest BCUT2D eigenvalue weighted by atomic mass is 10.2. The topological polar surface area (TPSA) is 66.3 Å². The SMILES string of the molecule is Cc1ccc(-n2cnnc2SCC(=O)Nc2ccc(N3CCN(C)CC3)cc2)cc1. The molecule has 7 nitrogen and oxygen atoms in total. The van der Waals surface area contributed by atoms with Crippen LogP contribution in [0.3, 0.4) is 0 Å². The Morgan fingerprint density at radius 3 is 2.37 bits per heavy atom. The van der Waals surface area contributed by atoms with Gasteiger partial charge in [0.1, 0.15) is 6.33 Å². The average molecular weight is 423 g/mol. The van der Waals surface area contributed by atoms with Gasteiger partial charge in [0.25, 0.3) is 0 Å². The zero-order valence-electron chi connectivity index (χ0n) is 17.3. The number of benzene rings is 2. The van der Waals surface area contributed by atoms with Gasteiger partial charge in [0.05, 0.1) is 5.75 Å². The van der Waals surface area contributed by atoms with E-state index in [1.807, 2.05) is 47.9 Å². The zero-order chi connectivity index (χ0) is 20.9. The van der Waals surface area contributed by atoms with Crippen molar-refractivity contribution in [3.8, 4) is 5.69 Å². The zero-order valence-corrected chi connectivity index (χ0v) is 18.1. The molecule has 0 unspecified atom stereocenters. The molecule has 2 aromatic carbocycles. The summed E-state index contributed by atoms with van der Waals surface area (Å²) in [7, 11) is 2.15. The number of nitrogens with zero attached hydrogens (tertiary/aromatic N) is 5. The molecule has 1 aliphatic heterocycles. The van der Waals surface area contributed by atoms with Gasteiger partial charge in [0.15, 0.2) is 5.16 Å². The second-order valence-electron chi connectivity index (χ2n) is 7.49. The van der Waals surface area contributed by atoms with E-state index in [4.69, 9.17) is 0 Å². The Kier molecular flexibility index (Phi) is 6.35. The second kappa shape index (κ2) is 9.32. The number of likely N-dealkylation sites (N-methyl/N-ethyl adjacent to an activating group) is 1. The van der Waals surface area contributed by atoms with Gasteiger partial charge in [-0.3, -0.25) is 9.36 Å². The van der Waals surface area contributed by atoms with Gasteiger partial charge in [-0.2, -0.15) is 0 Å². The molecule has 8 heteroatoms. The molecule has 1 saturated heterocycles. The fourth-order valence-electron chi connectivity index (χ4n) is 3.35. The molecule has 1 amide bonds. The summed E-state index contributed by atoms with van der Waals surface area (Å²) in [6, 6.07) is 16.2. The summed E-state index contributed by atoms with van der Waals surface area (Å²) in [6.07, 6.45) is 1.67. The number of hydrogen-bond donors (Lipinski definition) is 1. The van der Waals surface area contributed by atoms with Crippen LogP contribution in [0.25, 0.3) is 5.69 Å². The Morgan fingerprint density at radius 1 is 1.00 bits per heavy atom. The van der Waals surface area contributed by atoms with Gasteiger partial charge >= 0.3 is 0 Å². The van der Waals surface area contributed by atoms with Crippen LogP contribution in [0.2, 0.25) is 0 Å². The lowest BCUT2D eigenvalue weighted by Gasteiger charge is -2.34. The molecule has 0 saturated carbocycles. The predicted molar refractivity (Wildman–Crippen MR) is 122 cm³/mol. The minimum atomic E-state index is -0.0641. The molecule has 1 aliphatic rings. The second-order valence-corrected chi connectivity index (χ2v) is 8.44. The Bertz CT molecular complexity index is 978. The number of anilines is 2. The first-order valence-electron chi connectivity index (χ1n) is 10.0. The van der Waals surface area contributed by atoms with Crippen LogP contribution in [0.1, 0.15) is 5.56 Å². The molecule has 1 N–H and O–H groups in total. The van der Waals surface area contributed by atoms with E-state index in [1.54, 1.807) is 6.33 Å². The Morgan fingerprint density at radius 2 is 1.67 bits per heavy atom. The molecule has 4 rings (SSSR count). The Labute approximate surface area is 181 Å². The van der Waals surface area contributed by atoms with Gasteiger partial charge in [0, 0.05) is 43.2 Å². The minimum absolute atomic E-state index is 0.0641. The molecular weight excluding hydrogens is 396 g/mol. The van der Waals surface area contributed by atoms with Crippen molar-refractivity contribution in [2.75, 3.05) is 49.2 Å². The van der Waals surface area contributed by atoms with Crippen LogP contribution in [0.4, 0.5) is 11.4 Å². The van der Waals surface area contributed by atoms with E-state index < -0.39 is 0 Å². The molecule has 156 valence electrons. The molecule has 0 atom stereocenters. The highest BCUT2D eigenvalue weighted by molar-refractivity contribution is 7.99. The highest BCUT2D eigenvalue weighted by Gasteiger charge is 2.14. The van der Waals surface area contributed by atoms with Crippen LogP contribution >= 0.6 is 11.8 Å². The fraction of sp³-hybridized carbons (Fsp3) is 0.318. The number of amides is 1. The van der Waals surface area contributed by atoms with Crippen molar-refractivity contribution in [1.29, 1.82) is 0 Å². The average Bonchev–Trinajstić information content (AvgIpc) is 3.23. The van der Waals surface area contributed by atoms with Gasteiger partial charge in [-0.15, -0.1) is 10.2 Å². The van der Waals surface area contributed by atoms with E-state index in [-0.39, 0.29) is 11.7 Å². The molecule has 0 radical (unpaired) electrons. The van der Waals surface area contributed by atoms with Crippen LogP contribution in [0.15, 0.2) is 60.0 Å². The quantitative estimate of drug-likeness (QED) is 0.616. The van der Waals surface area contributed by atoms with Crippen molar-refractivity contribution in [2.45, 2.75) is 12.1 Å². The molecule has 30 heavy (non-hydrogen) atoms. The van der Waals surface area contributed by atoms with Crippen LogP contribution in [-0.2, 0) is 4.79 Å². The van der Waals surface area contributed by atoms with E-state index in [1.165, 1.54) is 23.0 Å². The number of hydrogen-bond acceptors (Lipinski definition) is 6. The summed E-state index contributed by atoms with van der Waals surface area (Å²) in [6.45, 7) is 6.25. The molecule has 1 aromatic heterocycles. The van der Waals surface area contributed by atoms with Crippen molar-refractivity contribution >= 4 is 29.0 Å². The summed E-state index contributed by atoms with van der Waals surface area (Å²) in [5.74, 6) is 0.205. The van der Waals surface area contributed by atoms with Gasteiger partial charge in [-0.25, -0.2) is 0 Å². The van der Waals surface area contributed by atoms with Crippen molar-refractivity contribution in [3.63, 3.8) is 0 Å². The highest BCUT2D eigenvalue weighted by Crippen LogP contribution is 2.22. The smallest absolute Gasteiger partial charge is 0.234 e. The highest BCUT2D eigenvalue weighted by atomic mass is 32.2. The van der Waals surface area contributed by atoms with E-state index in [0.29, 0.717) is 5.16 Å². The van der Waals surface area contributed by atoms with Crippen LogP contribution in [-0.4, -0.2) is 64.6 Å².